The molecule has 2 aromatic rings. The smallest absolute Gasteiger partial charge is 0.326 e. The van der Waals surface area contributed by atoms with Crippen LogP contribution in [0.2, 0.25) is 0 Å². The van der Waals surface area contributed by atoms with E-state index < -0.39 is 0 Å². The van der Waals surface area contributed by atoms with Gasteiger partial charge in [-0.05, 0) is 70.6 Å². The van der Waals surface area contributed by atoms with E-state index in [0.717, 1.165) is 43.5 Å². The molecule has 0 atom stereocenters. The summed E-state index contributed by atoms with van der Waals surface area (Å²) < 4.78 is 1.81. The summed E-state index contributed by atoms with van der Waals surface area (Å²) in [5, 5.41) is 6.20. The third kappa shape index (κ3) is 6.41. The standard InChI is InChI=1S/C22H29N5O3S/c1-15(28)23-16-8-10-17(11-9-16)24-20(29)14-31-21-18-6-4-7-19(18)27(22(30)25-21)13-5-12-26(2)3/h8-11H,4-7,12-14H2,1-3H3,(H,23,28)(H,24,29). The molecule has 1 aromatic heterocycles. The number of aromatic nitrogens is 2. The van der Waals surface area contributed by atoms with Gasteiger partial charge in [0, 0.05) is 36.1 Å². The lowest BCUT2D eigenvalue weighted by atomic mass is 10.2. The Bertz CT molecular complexity index is 1000. The highest BCUT2D eigenvalue weighted by Gasteiger charge is 2.22. The summed E-state index contributed by atoms with van der Waals surface area (Å²) in [5.74, 6) is -0.134. The van der Waals surface area contributed by atoms with Gasteiger partial charge in [-0.2, -0.15) is 4.98 Å². The quantitative estimate of drug-likeness (QED) is 0.456. The average molecular weight is 444 g/mol. The summed E-state index contributed by atoms with van der Waals surface area (Å²) in [5.41, 5.74) is 3.29. The summed E-state index contributed by atoms with van der Waals surface area (Å²) in [6.45, 7) is 3.04. The number of carbonyl (C=O) groups is 2. The fourth-order valence-electron chi connectivity index (χ4n) is 3.65. The van der Waals surface area contributed by atoms with Crippen LogP contribution in [-0.4, -0.2) is 52.7 Å². The van der Waals surface area contributed by atoms with Gasteiger partial charge in [0.25, 0.3) is 0 Å². The number of hydrogen-bond donors (Lipinski definition) is 2. The Labute approximate surface area is 186 Å². The lowest BCUT2D eigenvalue weighted by Gasteiger charge is -2.15. The Morgan fingerprint density at radius 1 is 1.13 bits per heavy atom. The average Bonchev–Trinajstić information content (AvgIpc) is 3.19. The Morgan fingerprint density at radius 2 is 1.81 bits per heavy atom. The van der Waals surface area contributed by atoms with E-state index >= 15 is 0 Å². The molecule has 1 aliphatic rings. The number of fused-ring (bicyclic) bond motifs is 1. The number of hydrogen-bond acceptors (Lipinski definition) is 6. The van der Waals surface area contributed by atoms with Gasteiger partial charge in [-0.25, -0.2) is 4.79 Å². The first kappa shape index (κ1) is 23.0. The molecule has 0 saturated carbocycles. The molecular weight excluding hydrogens is 414 g/mol. The third-order valence-corrected chi connectivity index (χ3v) is 6.03. The molecule has 2 N–H and O–H groups in total. The van der Waals surface area contributed by atoms with Crippen LogP contribution in [-0.2, 0) is 29.0 Å². The second-order valence-corrected chi connectivity index (χ2v) is 8.85. The largest absolute Gasteiger partial charge is 0.348 e. The van der Waals surface area contributed by atoms with E-state index in [1.807, 2.05) is 18.7 Å². The summed E-state index contributed by atoms with van der Waals surface area (Å²) in [7, 11) is 4.04. The second-order valence-electron chi connectivity index (χ2n) is 7.88. The predicted octanol–water partition coefficient (Wildman–Crippen LogP) is 2.37. The van der Waals surface area contributed by atoms with Crippen LogP contribution in [0.3, 0.4) is 0 Å². The van der Waals surface area contributed by atoms with E-state index in [4.69, 9.17) is 0 Å². The van der Waals surface area contributed by atoms with Gasteiger partial charge >= 0.3 is 5.69 Å². The van der Waals surface area contributed by atoms with Crippen LogP contribution in [0.15, 0.2) is 34.1 Å². The lowest BCUT2D eigenvalue weighted by molar-refractivity contribution is -0.114. The van der Waals surface area contributed by atoms with Crippen LogP contribution < -0.4 is 16.3 Å². The van der Waals surface area contributed by atoms with E-state index in [1.54, 1.807) is 24.3 Å². The molecule has 31 heavy (non-hydrogen) atoms. The fourth-order valence-corrected chi connectivity index (χ4v) is 4.53. The minimum absolute atomic E-state index is 0.146. The van der Waals surface area contributed by atoms with E-state index in [0.29, 0.717) is 22.9 Å². The zero-order valence-electron chi connectivity index (χ0n) is 18.2. The molecule has 0 fully saturated rings. The molecule has 9 heteroatoms. The number of nitrogens with one attached hydrogen (secondary N) is 2. The Morgan fingerprint density at radius 3 is 2.45 bits per heavy atom. The monoisotopic (exact) mass is 443 g/mol. The van der Waals surface area contributed by atoms with Gasteiger partial charge in [0.2, 0.25) is 11.8 Å². The molecule has 3 rings (SSSR count). The van der Waals surface area contributed by atoms with Crippen molar-refractivity contribution in [3.8, 4) is 0 Å². The Hall–Kier alpha value is -2.65. The van der Waals surface area contributed by atoms with Crippen molar-refractivity contribution >= 4 is 35.0 Å². The molecule has 1 aliphatic carbocycles. The highest BCUT2D eigenvalue weighted by Crippen LogP contribution is 2.29. The van der Waals surface area contributed by atoms with Gasteiger partial charge in [-0.15, -0.1) is 0 Å². The summed E-state index contributed by atoms with van der Waals surface area (Å²) in [4.78, 5) is 42.5. The molecule has 0 unspecified atom stereocenters. The van der Waals surface area contributed by atoms with Gasteiger partial charge in [0.05, 0.1) is 5.75 Å². The minimum atomic E-state index is -0.226. The number of anilines is 2. The molecule has 1 heterocycles. The number of amides is 2. The van der Waals surface area contributed by atoms with E-state index in [2.05, 4.69) is 20.5 Å². The van der Waals surface area contributed by atoms with Crippen molar-refractivity contribution in [2.45, 2.75) is 44.2 Å². The predicted molar refractivity (Wildman–Crippen MR) is 124 cm³/mol. The van der Waals surface area contributed by atoms with Crippen molar-refractivity contribution in [2.24, 2.45) is 0 Å². The molecule has 166 valence electrons. The topological polar surface area (TPSA) is 96.3 Å². The molecule has 1 aromatic carbocycles. The molecule has 0 saturated heterocycles. The van der Waals surface area contributed by atoms with Crippen molar-refractivity contribution < 1.29 is 9.59 Å². The van der Waals surface area contributed by atoms with Crippen LogP contribution in [0.1, 0.15) is 31.0 Å². The number of rotatable bonds is 9. The molecule has 0 aliphatic heterocycles. The van der Waals surface area contributed by atoms with Gasteiger partial charge in [-0.1, -0.05) is 11.8 Å². The van der Waals surface area contributed by atoms with E-state index in [9.17, 15) is 14.4 Å². The first-order valence-electron chi connectivity index (χ1n) is 10.4. The maximum Gasteiger partial charge on any atom is 0.348 e. The number of thioether (sulfide) groups is 1. The van der Waals surface area contributed by atoms with E-state index in [-0.39, 0.29) is 23.3 Å². The third-order valence-electron chi connectivity index (χ3n) is 5.02. The van der Waals surface area contributed by atoms with Crippen molar-refractivity contribution in [1.29, 1.82) is 0 Å². The molecule has 0 spiro atoms. The zero-order chi connectivity index (χ0) is 22.4. The van der Waals surface area contributed by atoms with Gasteiger partial charge < -0.3 is 15.5 Å². The van der Waals surface area contributed by atoms with Gasteiger partial charge in [0.15, 0.2) is 0 Å². The van der Waals surface area contributed by atoms with Crippen molar-refractivity contribution in [2.75, 3.05) is 37.0 Å². The van der Waals surface area contributed by atoms with Gasteiger partial charge in [-0.3, -0.25) is 14.2 Å². The maximum absolute atomic E-state index is 12.6. The number of benzene rings is 1. The van der Waals surface area contributed by atoms with Gasteiger partial charge in [0.1, 0.15) is 5.03 Å². The van der Waals surface area contributed by atoms with Crippen LogP contribution >= 0.6 is 11.8 Å². The van der Waals surface area contributed by atoms with Crippen molar-refractivity contribution in [1.82, 2.24) is 14.5 Å². The molecule has 8 nitrogen and oxygen atoms in total. The minimum Gasteiger partial charge on any atom is -0.326 e. The lowest BCUT2D eigenvalue weighted by Crippen LogP contribution is -2.29. The molecule has 0 radical (unpaired) electrons. The first-order chi connectivity index (χ1) is 14.8. The maximum atomic E-state index is 12.6. The van der Waals surface area contributed by atoms with Crippen LogP contribution in [0.4, 0.5) is 11.4 Å². The summed E-state index contributed by atoms with van der Waals surface area (Å²) in [6, 6.07) is 6.93. The number of carbonyl (C=O) groups excluding carboxylic acids is 2. The van der Waals surface area contributed by atoms with Crippen LogP contribution in [0.25, 0.3) is 0 Å². The summed E-state index contributed by atoms with van der Waals surface area (Å²) in [6.07, 6.45) is 3.69. The zero-order valence-corrected chi connectivity index (χ0v) is 19.1. The number of nitrogens with zero attached hydrogens (tertiary/aromatic N) is 3. The molecular formula is C22H29N5O3S. The molecule has 0 bridgehead atoms. The Balaban J connectivity index is 1.62. The molecule has 2 amide bonds. The van der Waals surface area contributed by atoms with Crippen molar-refractivity contribution in [3.05, 3.63) is 46.0 Å². The van der Waals surface area contributed by atoms with Crippen molar-refractivity contribution in [3.63, 3.8) is 0 Å². The normalized spacial score (nSPS) is 12.6. The van der Waals surface area contributed by atoms with Crippen LogP contribution in [0.5, 0.6) is 0 Å². The Kier molecular flexibility index (Phi) is 7.86. The highest BCUT2D eigenvalue weighted by atomic mass is 32.2. The first-order valence-corrected chi connectivity index (χ1v) is 11.4. The second kappa shape index (κ2) is 10.6. The SMILES string of the molecule is CC(=O)Nc1ccc(NC(=O)CSc2nc(=O)n(CCCN(C)C)c3c2CCC3)cc1. The summed E-state index contributed by atoms with van der Waals surface area (Å²) >= 11 is 1.31. The van der Waals surface area contributed by atoms with E-state index in [1.165, 1.54) is 18.7 Å². The fraction of sp³-hybridized carbons (Fsp3) is 0.455. The highest BCUT2D eigenvalue weighted by molar-refractivity contribution is 8.00. The van der Waals surface area contributed by atoms with Crippen LogP contribution in [0, 0.1) is 0 Å².